The Labute approximate surface area is 314 Å². The Morgan fingerprint density at radius 2 is 1.34 bits per heavy atom. The first kappa shape index (κ1) is 32.0. The summed E-state index contributed by atoms with van der Waals surface area (Å²) in [6.07, 6.45) is 17.2. The van der Waals surface area contributed by atoms with E-state index in [4.69, 9.17) is 0 Å². The van der Waals surface area contributed by atoms with Gasteiger partial charge in [-0.2, -0.15) is 0 Å². The molecule has 0 fully saturated rings. The fourth-order valence-electron chi connectivity index (χ4n) is 10.2. The maximum atomic E-state index is 2.53. The third-order valence-corrected chi connectivity index (χ3v) is 12.9. The summed E-state index contributed by atoms with van der Waals surface area (Å²) in [4.78, 5) is 2.53. The van der Waals surface area contributed by atoms with E-state index in [0.717, 1.165) is 6.42 Å². The minimum Gasteiger partial charge on any atom is -0.310 e. The lowest BCUT2D eigenvalue weighted by Gasteiger charge is -2.33. The van der Waals surface area contributed by atoms with E-state index in [1.54, 1.807) is 0 Å². The summed E-state index contributed by atoms with van der Waals surface area (Å²) < 4.78 is 0. The maximum absolute atomic E-state index is 2.53. The number of benzene rings is 6. The van der Waals surface area contributed by atoms with Crippen LogP contribution in [0.4, 0.5) is 17.1 Å². The lowest BCUT2D eigenvalue weighted by molar-refractivity contribution is 0.399. The first-order valence-electron chi connectivity index (χ1n) is 19.3. The molecule has 0 amide bonds. The molecule has 4 aliphatic carbocycles. The summed E-state index contributed by atoms with van der Waals surface area (Å²) in [5.74, 6) is 1.07. The zero-order valence-corrected chi connectivity index (χ0v) is 31.1. The molecular weight excluding hydrogens is 639 g/mol. The molecule has 3 atom stereocenters. The van der Waals surface area contributed by atoms with Crippen LogP contribution in [0.1, 0.15) is 79.3 Å². The highest BCUT2D eigenvalue weighted by molar-refractivity contribution is 5.95. The van der Waals surface area contributed by atoms with Crippen LogP contribution in [0.3, 0.4) is 0 Å². The number of allylic oxidation sites excluding steroid dienone is 8. The first-order valence-corrected chi connectivity index (χ1v) is 19.3. The van der Waals surface area contributed by atoms with Crippen molar-refractivity contribution in [3.05, 3.63) is 203 Å². The Bertz CT molecular complexity index is 2550. The number of rotatable bonds is 5. The Balaban J connectivity index is 1.14. The number of hydrogen-bond acceptors (Lipinski definition) is 1. The second-order valence-corrected chi connectivity index (χ2v) is 16.5. The molecule has 1 nitrogen and oxygen atoms in total. The standard InChI is InChI=1S/C52H45N/c1-51(2)45-23-13-11-20-43(45)50-40(21-14-24-46(50)51)35-25-28-37(29-26-35)53(38-30-31-42-41-19-10-12-22-44(41)52(3,4)47(42)33-38)48-32-27-34-15-8-9-18-39(34)49(48)36-16-6-5-7-17-36/h5-16,18-33,36,46,50H,17H2,1-4H3. The van der Waals surface area contributed by atoms with Crippen LogP contribution in [0, 0.1) is 5.92 Å². The molecule has 10 rings (SSSR count). The average Bonchev–Trinajstić information content (AvgIpc) is 3.58. The number of anilines is 3. The lowest BCUT2D eigenvalue weighted by atomic mass is 9.71. The van der Waals surface area contributed by atoms with Gasteiger partial charge in [0.15, 0.2) is 0 Å². The Kier molecular flexibility index (Phi) is 7.21. The van der Waals surface area contributed by atoms with E-state index < -0.39 is 0 Å². The summed E-state index contributed by atoms with van der Waals surface area (Å²) in [6, 6.07) is 48.3. The van der Waals surface area contributed by atoms with Crippen LogP contribution in [0.5, 0.6) is 0 Å². The lowest BCUT2D eigenvalue weighted by Crippen LogP contribution is -2.25. The minimum absolute atomic E-state index is 0.0876. The molecule has 258 valence electrons. The zero-order valence-electron chi connectivity index (χ0n) is 31.1. The van der Waals surface area contributed by atoms with E-state index in [1.165, 1.54) is 77.9 Å². The Morgan fingerprint density at radius 3 is 2.17 bits per heavy atom. The normalized spacial score (nSPS) is 21.1. The van der Waals surface area contributed by atoms with Crippen molar-refractivity contribution in [2.75, 3.05) is 4.90 Å². The average molecular weight is 684 g/mol. The van der Waals surface area contributed by atoms with Gasteiger partial charge in [-0.25, -0.2) is 0 Å². The first-order chi connectivity index (χ1) is 25.8. The highest BCUT2D eigenvalue weighted by Crippen LogP contribution is 2.57. The van der Waals surface area contributed by atoms with Gasteiger partial charge >= 0.3 is 0 Å². The minimum atomic E-state index is -0.0938. The van der Waals surface area contributed by atoms with E-state index >= 15 is 0 Å². The molecule has 53 heavy (non-hydrogen) atoms. The largest absolute Gasteiger partial charge is 0.310 e. The Morgan fingerprint density at radius 1 is 0.604 bits per heavy atom. The van der Waals surface area contributed by atoms with Gasteiger partial charge in [-0.05, 0) is 109 Å². The maximum Gasteiger partial charge on any atom is 0.0506 e. The van der Waals surface area contributed by atoms with Crippen LogP contribution in [0.25, 0.3) is 27.5 Å². The van der Waals surface area contributed by atoms with Crippen molar-refractivity contribution in [1.29, 1.82) is 0 Å². The molecular formula is C52H45N. The number of fused-ring (bicyclic) bond motifs is 7. The highest BCUT2D eigenvalue weighted by atomic mass is 15.1. The van der Waals surface area contributed by atoms with Gasteiger partial charge < -0.3 is 4.90 Å². The summed E-state index contributed by atoms with van der Waals surface area (Å²) in [7, 11) is 0. The monoisotopic (exact) mass is 683 g/mol. The van der Waals surface area contributed by atoms with Crippen molar-refractivity contribution in [3.63, 3.8) is 0 Å². The molecule has 6 aromatic carbocycles. The predicted octanol–water partition coefficient (Wildman–Crippen LogP) is 13.9. The van der Waals surface area contributed by atoms with Crippen molar-refractivity contribution in [2.24, 2.45) is 5.92 Å². The molecule has 0 spiro atoms. The predicted molar refractivity (Wildman–Crippen MR) is 225 cm³/mol. The molecule has 0 bridgehead atoms. The Hall–Kier alpha value is -5.66. The molecule has 3 unspecified atom stereocenters. The molecule has 0 aliphatic heterocycles. The van der Waals surface area contributed by atoms with Crippen LogP contribution in [0.2, 0.25) is 0 Å². The second-order valence-electron chi connectivity index (χ2n) is 16.5. The molecule has 0 aromatic heterocycles. The quantitative estimate of drug-likeness (QED) is 0.175. The summed E-state index contributed by atoms with van der Waals surface area (Å²) in [5, 5.41) is 2.60. The summed E-state index contributed by atoms with van der Waals surface area (Å²) in [5.41, 5.74) is 16.1. The molecule has 0 N–H and O–H groups in total. The third kappa shape index (κ3) is 4.83. The molecule has 0 radical (unpaired) electrons. The van der Waals surface area contributed by atoms with Crippen LogP contribution < -0.4 is 4.90 Å². The number of nitrogens with zero attached hydrogens (tertiary/aromatic N) is 1. The molecule has 0 saturated carbocycles. The smallest absolute Gasteiger partial charge is 0.0506 e. The second kappa shape index (κ2) is 11.9. The van der Waals surface area contributed by atoms with E-state index in [2.05, 4.69) is 203 Å². The fraction of sp³-hybridized carbons (Fsp3) is 0.192. The van der Waals surface area contributed by atoms with E-state index in [1.807, 2.05) is 0 Å². The molecule has 0 saturated heterocycles. The van der Waals surface area contributed by atoms with Gasteiger partial charge in [-0.3, -0.25) is 0 Å². The van der Waals surface area contributed by atoms with Gasteiger partial charge in [-0.1, -0.05) is 167 Å². The molecule has 6 aromatic rings. The van der Waals surface area contributed by atoms with E-state index in [9.17, 15) is 0 Å². The molecule has 1 heteroatoms. The van der Waals surface area contributed by atoms with Gasteiger partial charge in [0, 0.05) is 28.6 Å². The van der Waals surface area contributed by atoms with Gasteiger partial charge in [0.25, 0.3) is 0 Å². The van der Waals surface area contributed by atoms with Crippen molar-refractivity contribution in [1.82, 2.24) is 0 Å². The van der Waals surface area contributed by atoms with Gasteiger partial charge in [0.2, 0.25) is 0 Å². The summed E-state index contributed by atoms with van der Waals surface area (Å²) >= 11 is 0. The molecule has 4 aliphatic rings. The van der Waals surface area contributed by atoms with E-state index in [0.29, 0.717) is 11.8 Å². The topological polar surface area (TPSA) is 3.24 Å². The SMILES string of the molecule is CC1(C)c2ccccc2-c2ccc(N(c3ccc(C4=CC=CC5C4c4ccccc4C5(C)C)cc3)c3ccc4ccccc4c3C3C=CC=CC3)cc21. The summed E-state index contributed by atoms with van der Waals surface area (Å²) in [6.45, 7) is 9.59. The fourth-order valence-corrected chi connectivity index (χ4v) is 10.2. The molecule has 0 heterocycles. The van der Waals surface area contributed by atoms with Crippen molar-refractivity contribution in [3.8, 4) is 11.1 Å². The van der Waals surface area contributed by atoms with Gasteiger partial charge in [-0.15, -0.1) is 0 Å². The third-order valence-electron chi connectivity index (χ3n) is 12.9. The van der Waals surface area contributed by atoms with Gasteiger partial charge in [0.1, 0.15) is 0 Å². The van der Waals surface area contributed by atoms with Crippen LogP contribution in [-0.2, 0) is 10.8 Å². The highest BCUT2D eigenvalue weighted by Gasteiger charge is 2.47. The van der Waals surface area contributed by atoms with Gasteiger partial charge in [0.05, 0.1) is 5.69 Å². The van der Waals surface area contributed by atoms with Crippen molar-refractivity contribution >= 4 is 33.4 Å². The van der Waals surface area contributed by atoms with Crippen LogP contribution in [0.15, 0.2) is 170 Å². The van der Waals surface area contributed by atoms with Crippen molar-refractivity contribution < 1.29 is 0 Å². The zero-order chi connectivity index (χ0) is 35.9. The van der Waals surface area contributed by atoms with Crippen LogP contribution in [-0.4, -0.2) is 0 Å². The van der Waals surface area contributed by atoms with Crippen molar-refractivity contribution in [2.45, 2.75) is 56.8 Å². The van der Waals surface area contributed by atoms with E-state index in [-0.39, 0.29) is 16.7 Å². The number of hydrogen-bond donors (Lipinski definition) is 0. The van der Waals surface area contributed by atoms with Crippen LogP contribution >= 0.6 is 0 Å².